The van der Waals surface area contributed by atoms with Crippen molar-refractivity contribution >= 4 is 10.0 Å². The van der Waals surface area contributed by atoms with Crippen LogP contribution in [0, 0.1) is 12.8 Å². The summed E-state index contributed by atoms with van der Waals surface area (Å²) in [6.45, 7) is 3.86. The third-order valence-corrected chi connectivity index (χ3v) is 4.76. The van der Waals surface area contributed by atoms with E-state index < -0.39 is 15.6 Å². The number of nitrogens with two attached hydrogens (primary N) is 1. The molecular formula is C10H18N4O2S. The van der Waals surface area contributed by atoms with E-state index in [9.17, 15) is 8.42 Å². The molecule has 2 rings (SSSR count). The predicted molar refractivity (Wildman–Crippen MR) is 63.8 cm³/mol. The van der Waals surface area contributed by atoms with Gasteiger partial charge < -0.3 is 10.7 Å². The van der Waals surface area contributed by atoms with Crippen LogP contribution in [0.1, 0.15) is 25.6 Å². The first-order valence-electron chi connectivity index (χ1n) is 5.63. The molecule has 7 heteroatoms. The second-order valence-electron chi connectivity index (χ2n) is 4.83. The van der Waals surface area contributed by atoms with E-state index in [0.717, 1.165) is 12.8 Å². The van der Waals surface area contributed by atoms with Gasteiger partial charge in [-0.05, 0) is 32.6 Å². The highest BCUT2D eigenvalue weighted by atomic mass is 32.2. The van der Waals surface area contributed by atoms with Gasteiger partial charge in [0.25, 0.3) is 10.0 Å². The molecule has 0 aromatic carbocycles. The Morgan fingerprint density at radius 3 is 2.71 bits per heavy atom. The van der Waals surface area contributed by atoms with Crippen LogP contribution in [0.5, 0.6) is 0 Å². The number of hydrogen-bond acceptors (Lipinski definition) is 4. The fourth-order valence-corrected chi connectivity index (χ4v) is 3.36. The van der Waals surface area contributed by atoms with Crippen LogP contribution in [0.4, 0.5) is 0 Å². The van der Waals surface area contributed by atoms with E-state index in [0.29, 0.717) is 18.3 Å². The van der Waals surface area contributed by atoms with Crippen molar-refractivity contribution in [2.75, 3.05) is 6.54 Å². The monoisotopic (exact) mass is 258 g/mol. The number of H-pyrrole nitrogens is 1. The number of aryl methyl sites for hydroxylation is 1. The maximum atomic E-state index is 12.1. The van der Waals surface area contributed by atoms with Crippen LogP contribution < -0.4 is 10.5 Å². The van der Waals surface area contributed by atoms with Gasteiger partial charge in [0, 0.05) is 12.1 Å². The van der Waals surface area contributed by atoms with Crippen LogP contribution in [0.15, 0.2) is 11.2 Å². The van der Waals surface area contributed by atoms with Gasteiger partial charge in [-0.25, -0.2) is 18.1 Å². The Balaban J connectivity index is 2.22. The summed E-state index contributed by atoms with van der Waals surface area (Å²) < 4.78 is 26.9. The van der Waals surface area contributed by atoms with Crippen LogP contribution in [0.2, 0.25) is 0 Å². The highest BCUT2D eigenvalue weighted by Crippen LogP contribution is 2.39. The van der Waals surface area contributed by atoms with E-state index >= 15 is 0 Å². The topological polar surface area (TPSA) is 101 Å². The molecule has 0 aliphatic heterocycles. The van der Waals surface area contributed by atoms with Gasteiger partial charge in [0.1, 0.15) is 5.82 Å². The summed E-state index contributed by atoms with van der Waals surface area (Å²) >= 11 is 0. The van der Waals surface area contributed by atoms with Crippen molar-refractivity contribution in [3.8, 4) is 0 Å². The van der Waals surface area contributed by atoms with Gasteiger partial charge in [-0.2, -0.15) is 0 Å². The van der Waals surface area contributed by atoms with Gasteiger partial charge in [0.05, 0.1) is 6.20 Å². The number of imidazole rings is 1. The van der Waals surface area contributed by atoms with Crippen molar-refractivity contribution < 1.29 is 8.42 Å². The minimum Gasteiger partial charge on any atom is -0.332 e. The Hall–Kier alpha value is -0.920. The maximum absolute atomic E-state index is 12.1. The number of rotatable bonds is 5. The standard InChI is InChI=1S/C10H18N4O2S/c1-7-12-5-9(13-7)17(15,16)14-10(2,6-11)8-3-4-8/h5,8,14H,3-4,6,11H2,1-2H3,(H,12,13). The fraction of sp³-hybridized carbons (Fsp3) is 0.700. The molecule has 1 heterocycles. The lowest BCUT2D eigenvalue weighted by molar-refractivity contribution is 0.373. The largest absolute Gasteiger partial charge is 0.332 e. The van der Waals surface area contributed by atoms with Gasteiger partial charge in [-0.3, -0.25) is 0 Å². The minimum absolute atomic E-state index is 0.0929. The van der Waals surface area contributed by atoms with Crippen molar-refractivity contribution in [3.63, 3.8) is 0 Å². The van der Waals surface area contributed by atoms with E-state index in [-0.39, 0.29) is 5.03 Å². The lowest BCUT2D eigenvalue weighted by Crippen LogP contribution is -2.53. The van der Waals surface area contributed by atoms with Crippen molar-refractivity contribution in [1.29, 1.82) is 0 Å². The highest BCUT2D eigenvalue weighted by Gasteiger charge is 2.43. The molecule has 0 bridgehead atoms. The Bertz CT molecular complexity index is 506. The number of sulfonamides is 1. The smallest absolute Gasteiger partial charge is 0.258 e. The van der Waals surface area contributed by atoms with Crippen molar-refractivity contribution in [3.05, 3.63) is 12.0 Å². The van der Waals surface area contributed by atoms with E-state index in [4.69, 9.17) is 5.73 Å². The lowest BCUT2D eigenvalue weighted by Gasteiger charge is -2.28. The Kier molecular flexibility index (Phi) is 3.01. The molecule has 4 N–H and O–H groups in total. The second-order valence-corrected chi connectivity index (χ2v) is 6.49. The highest BCUT2D eigenvalue weighted by molar-refractivity contribution is 7.89. The van der Waals surface area contributed by atoms with Gasteiger partial charge in [-0.15, -0.1) is 0 Å². The molecule has 1 aromatic rings. The molecule has 1 saturated carbocycles. The number of nitrogens with one attached hydrogen (secondary N) is 2. The molecule has 1 aliphatic rings. The quantitative estimate of drug-likeness (QED) is 0.698. The fourth-order valence-electron chi connectivity index (χ4n) is 1.91. The zero-order valence-electron chi connectivity index (χ0n) is 10.0. The summed E-state index contributed by atoms with van der Waals surface area (Å²) in [6, 6.07) is 0. The van der Waals surface area contributed by atoms with Gasteiger partial charge in [0.2, 0.25) is 0 Å². The average molecular weight is 258 g/mol. The van der Waals surface area contributed by atoms with E-state index in [1.54, 1.807) is 6.92 Å². The molecule has 1 atom stereocenters. The predicted octanol–water partition coefficient (Wildman–Crippen LogP) is 0.124. The van der Waals surface area contributed by atoms with Crippen molar-refractivity contribution in [2.24, 2.45) is 11.7 Å². The zero-order valence-corrected chi connectivity index (χ0v) is 10.8. The summed E-state index contributed by atoms with van der Waals surface area (Å²) in [5.41, 5.74) is 5.13. The number of hydrogen-bond donors (Lipinski definition) is 3. The molecule has 1 aromatic heterocycles. The molecular weight excluding hydrogens is 240 g/mol. The molecule has 0 spiro atoms. The molecule has 0 saturated heterocycles. The van der Waals surface area contributed by atoms with Crippen LogP contribution >= 0.6 is 0 Å². The van der Waals surface area contributed by atoms with Crippen LogP contribution in [0.25, 0.3) is 0 Å². The van der Waals surface area contributed by atoms with Gasteiger partial charge in [-0.1, -0.05) is 0 Å². The minimum atomic E-state index is -3.56. The second kappa shape index (κ2) is 4.08. The SMILES string of the molecule is Cc1ncc(S(=O)(=O)NC(C)(CN)C2CC2)[nH]1. The zero-order chi connectivity index (χ0) is 12.7. The molecule has 1 unspecified atom stereocenters. The Morgan fingerprint density at radius 2 is 2.29 bits per heavy atom. The molecule has 0 amide bonds. The number of nitrogens with zero attached hydrogens (tertiary/aromatic N) is 1. The van der Waals surface area contributed by atoms with Crippen LogP contribution in [-0.4, -0.2) is 30.5 Å². The molecule has 17 heavy (non-hydrogen) atoms. The Labute approximate surface area is 101 Å². The molecule has 0 radical (unpaired) electrons. The number of aromatic nitrogens is 2. The summed E-state index contributed by atoms with van der Waals surface area (Å²) in [5, 5.41) is 0.0929. The average Bonchev–Trinajstić information content (AvgIpc) is 3.01. The van der Waals surface area contributed by atoms with E-state index in [1.165, 1.54) is 6.20 Å². The third-order valence-electron chi connectivity index (χ3n) is 3.24. The lowest BCUT2D eigenvalue weighted by atomic mass is 9.98. The first-order chi connectivity index (χ1) is 7.87. The third kappa shape index (κ3) is 2.51. The maximum Gasteiger partial charge on any atom is 0.258 e. The van der Waals surface area contributed by atoms with Gasteiger partial charge >= 0.3 is 0 Å². The van der Waals surface area contributed by atoms with Crippen molar-refractivity contribution in [1.82, 2.24) is 14.7 Å². The molecule has 96 valence electrons. The molecule has 1 fully saturated rings. The first-order valence-corrected chi connectivity index (χ1v) is 7.11. The summed E-state index contributed by atoms with van der Waals surface area (Å²) in [7, 11) is -3.56. The molecule has 6 nitrogen and oxygen atoms in total. The summed E-state index contributed by atoms with van der Waals surface area (Å²) in [5.74, 6) is 0.914. The summed E-state index contributed by atoms with van der Waals surface area (Å²) in [4.78, 5) is 6.61. The first kappa shape index (κ1) is 12.5. The Morgan fingerprint density at radius 1 is 1.65 bits per heavy atom. The number of aromatic amines is 1. The van der Waals surface area contributed by atoms with Crippen LogP contribution in [0.3, 0.4) is 0 Å². The van der Waals surface area contributed by atoms with Crippen LogP contribution in [-0.2, 0) is 10.0 Å². The van der Waals surface area contributed by atoms with E-state index in [1.807, 2.05) is 6.92 Å². The van der Waals surface area contributed by atoms with Crippen molar-refractivity contribution in [2.45, 2.75) is 37.3 Å². The molecule has 1 aliphatic carbocycles. The normalized spacial score (nSPS) is 20.2. The summed E-state index contributed by atoms with van der Waals surface area (Å²) in [6.07, 6.45) is 3.37. The van der Waals surface area contributed by atoms with Gasteiger partial charge in [0.15, 0.2) is 5.03 Å². The van der Waals surface area contributed by atoms with E-state index in [2.05, 4.69) is 14.7 Å².